The summed E-state index contributed by atoms with van der Waals surface area (Å²) >= 11 is 0. The molecule has 5 nitrogen and oxygen atoms in total. The average Bonchev–Trinajstić information content (AvgIpc) is 2.60. The molecule has 2 aliphatic rings. The highest BCUT2D eigenvalue weighted by molar-refractivity contribution is 14.0. The summed E-state index contributed by atoms with van der Waals surface area (Å²) < 4.78 is 5.92. The number of halogens is 1. The van der Waals surface area contributed by atoms with Crippen LogP contribution in [0.3, 0.4) is 0 Å². The van der Waals surface area contributed by atoms with Gasteiger partial charge in [-0.15, -0.1) is 24.0 Å². The van der Waals surface area contributed by atoms with Gasteiger partial charge in [0.1, 0.15) is 11.9 Å². The molecule has 26 heavy (non-hydrogen) atoms. The van der Waals surface area contributed by atoms with Gasteiger partial charge in [-0.1, -0.05) is 24.6 Å². The summed E-state index contributed by atoms with van der Waals surface area (Å²) in [5.74, 6) is 1.79. The SMILES string of the molecule is CN=C(NCC(C)Oc1ccccc1)NC1CC2CCCC(C1)N2C.I. The zero-order valence-corrected chi connectivity index (χ0v) is 18.5. The molecule has 2 heterocycles. The number of benzene rings is 1. The summed E-state index contributed by atoms with van der Waals surface area (Å²) in [4.78, 5) is 6.99. The van der Waals surface area contributed by atoms with E-state index in [1.54, 1.807) is 0 Å². The molecule has 0 spiro atoms. The summed E-state index contributed by atoms with van der Waals surface area (Å²) in [7, 11) is 4.13. The van der Waals surface area contributed by atoms with Crippen LogP contribution in [0.15, 0.2) is 35.3 Å². The maximum atomic E-state index is 5.92. The van der Waals surface area contributed by atoms with E-state index in [-0.39, 0.29) is 30.1 Å². The highest BCUT2D eigenvalue weighted by Gasteiger charge is 2.36. The molecule has 0 aliphatic carbocycles. The lowest BCUT2D eigenvalue weighted by molar-refractivity contribution is 0.0526. The highest BCUT2D eigenvalue weighted by atomic mass is 127. The van der Waals surface area contributed by atoms with Crippen molar-refractivity contribution in [1.82, 2.24) is 15.5 Å². The lowest BCUT2D eigenvalue weighted by atomic mass is 9.82. The molecule has 2 bridgehead atoms. The van der Waals surface area contributed by atoms with Crippen molar-refractivity contribution in [3.05, 3.63) is 30.3 Å². The fourth-order valence-corrected chi connectivity index (χ4v) is 4.14. The molecular formula is C20H33IN4O. The quantitative estimate of drug-likeness (QED) is 0.393. The monoisotopic (exact) mass is 472 g/mol. The summed E-state index contributed by atoms with van der Waals surface area (Å²) in [6.07, 6.45) is 6.55. The zero-order chi connectivity index (χ0) is 17.6. The number of guanidine groups is 1. The number of para-hydroxylation sites is 1. The normalized spacial score (nSPS) is 27.2. The van der Waals surface area contributed by atoms with Crippen LogP contribution in [0.5, 0.6) is 5.75 Å². The molecule has 1 aromatic rings. The van der Waals surface area contributed by atoms with E-state index in [1.807, 2.05) is 37.4 Å². The molecule has 3 atom stereocenters. The van der Waals surface area contributed by atoms with Crippen molar-refractivity contribution in [1.29, 1.82) is 0 Å². The first-order valence-corrected chi connectivity index (χ1v) is 9.56. The molecule has 0 radical (unpaired) electrons. The van der Waals surface area contributed by atoms with Gasteiger partial charge >= 0.3 is 0 Å². The van der Waals surface area contributed by atoms with Crippen molar-refractivity contribution in [3.8, 4) is 5.75 Å². The Morgan fingerprint density at radius 2 is 1.88 bits per heavy atom. The van der Waals surface area contributed by atoms with Gasteiger partial charge in [0.2, 0.25) is 0 Å². The third-order valence-electron chi connectivity index (χ3n) is 5.54. The van der Waals surface area contributed by atoms with Crippen LogP contribution in [0.1, 0.15) is 39.0 Å². The number of nitrogens with zero attached hydrogens (tertiary/aromatic N) is 2. The molecule has 2 N–H and O–H groups in total. The molecule has 2 fully saturated rings. The Balaban J connectivity index is 0.00000243. The fraction of sp³-hybridized carbons (Fsp3) is 0.650. The van der Waals surface area contributed by atoms with E-state index in [0.29, 0.717) is 6.04 Å². The van der Waals surface area contributed by atoms with Gasteiger partial charge in [-0.3, -0.25) is 4.99 Å². The van der Waals surface area contributed by atoms with Crippen molar-refractivity contribution < 1.29 is 4.74 Å². The number of rotatable bonds is 5. The van der Waals surface area contributed by atoms with Crippen LogP contribution in [-0.4, -0.2) is 55.7 Å². The number of fused-ring (bicyclic) bond motifs is 2. The molecule has 2 saturated heterocycles. The zero-order valence-electron chi connectivity index (χ0n) is 16.1. The summed E-state index contributed by atoms with van der Waals surface area (Å²) in [6, 6.07) is 11.9. The first-order valence-electron chi connectivity index (χ1n) is 9.56. The third-order valence-corrected chi connectivity index (χ3v) is 5.54. The molecule has 2 aliphatic heterocycles. The minimum atomic E-state index is 0. The van der Waals surface area contributed by atoms with Crippen molar-refractivity contribution in [2.75, 3.05) is 20.6 Å². The van der Waals surface area contributed by atoms with E-state index in [1.165, 1.54) is 32.1 Å². The van der Waals surface area contributed by atoms with Crippen molar-refractivity contribution in [2.24, 2.45) is 4.99 Å². The average molecular weight is 472 g/mol. The molecule has 146 valence electrons. The van der Waals surface area contributed by atoms with E-state index in [2.05, 4.69) is 34.5 Å². The maximum absolute atomic E-state index is 5.92. The molecule has 0 aromatic heterocycles. The third kappa shape index (κ3) is 5.74. The Labute approximate surface area is 175 Å². The molecule has 0 saturated carbocycles. The van der Waals surface area contributed by atoms with Gasteiger partial charge in [0.05, 0.1) is 6.54 Å². The Bertz CT molecular complexity index is 554. The van der Waals surface area contributed by atoms with Crippen molar-refractivity contribution in [3.63, 3.8) is 0 Å². The van der Waals surface area contributed by atoms with Gasteiger partial charge in [0.25, 0.3) is 0 Å². The molecule has 1 aromatic carbocycles. The standard InChI is InChI=1S/C20H32N4O.HI/c1-15(25-19-10-5-4-6-11-19)14-22-20(21-2)23-16-12-17-8-7-9-18(13-16)24(17)3;/h4-6,10-11,15-18H,7-9,12-14H2,1-3H3,(H2,21,22,23);1H. The van der Waals surface area contributed by atoms with Crippen LogP contribution in [0.25, 0.3) is 0 Å². The first kappa shape index (κ1) is 21.3. The minimum Gasteiger partial charge on any atom is -0.489 e. The number of piperidine rings is 2. The highest BCUT2D eigenvalue weighted by Crippen LogP contribution is 2.32. The van der Waals surface area contributed by atoms with Crippen LogP contribution >= 0.6 is 24.0 Å². The Morgan fingerprint density at radius 1 is 1.23 bits per heavy atom. The van der Waals surface area contributed by atoms with Crippen LogP contribution in [-0.2, 0) is 0 Å². The van der Waals surface area contributed by atoms with Gasteiger partial charge in [-0.25, -0.2) is 0 Å². The second-order valence-electron chi connectivity index (χ2n) is 7.41. The Morgan fingerprint density at radius 3 is 2.50 bits per heavy atom. The van der Waals surface area contributed by atoms with E-state index in [0.717, 1.165) is 30.3 Å². The molecular weight excluding hydrogens is 439 g/mol. The fourth-order valence-electron chi connectivity index (χ4n) is 4.14. The number of ether oxygens (including phenoxy) is 1. The topological polar surface area (TPSA) is 48.9 Å². The summed E-state index contributed by atoms with van der Waals surface area (Å²) in [5, 5.41) is 7.04. The van der Waals surface area contributed by atoms with Gasteiger partial charge in [0, 0.05) is 25.2 Å². The predicted molar refractivity (Wildman–Crippen MR) is 119 cm³/mol. The minimum absolute atomic E-state index is 0. The maximum Gasteiger partial charge on any atom is 0.191 e. The van der Waals surface area contributed by atoms with Crippen LogP contribution in [0.4, 0.5) is 0 Å². The largest absolute Gasteiger partial charge is 0.489 e. The van der Waals surface area contributed by atoms with Crippen LogP contribution in [0.2, 0.25) is 0 Å². The van der Waals surface area contributed by atoms with E-state index in [4.69, 9.17) is 4.74 Å². The van der Waals surface area contributed by atoms with Crippen LogP contribution in [0, 0.1) is 0 Å². The molecule has 3 unspecified atom stereocenters. The van der Waals surface area contributed by atoms with Gasteiger partial charge in [-0.05, 0) is 51.8 Å². The summed E-state index contributed by atoms with van der Waals surface area (Å²) in [6.45, 7) is 2.81. The molecule has 3 rings (SSSR count). The summed E-state index contributed by atoms with van der Waals surface area (Å²) in [5.41, 5.74) is 0. The smallest absolute Gasteiger partial charge is 0.191 e. The van der Waals surface area contributed by atoms with E-state index >= 15 is 0 Å². The molecule has 0 amide bonds. The van der Waals surface area contributed by atoms with E-state index in [9.17, 15) is 0 Å². The second kappa shape index (κ2) is 10.3. The van der Waals surface area contributed by atoms with Gasteiger partial charge < -0.3 is 20.3 Å². The second-order valence-corrected chi connectivity index (χ2v) is 7.41. The van der Waals surface area contributed by atoms with E-state index < -0.39 is 0 Å². The molecule has 6 heteroatoms. The van der Waals surface area contributed by atoms with Crippen LogP contribution < -0.4 is 15.4 Å². The Kier molecular flexibility index (Phi) is 8.47. The Hall–Kier alpha value is -1.02. The lowest BCUT2D eigenvalue weighted by Crippen LogP contribution is -2.57. The number of hydrogen-bond donors (Lipinski definition) is 2. The van der Waals surface area contributed by atoms with Gasteiger partial charge in [0.15, 0.2) is 5.96 Å². The van der Waals surface area contributed by atoms with Gasteiger partial charge in [-0.2, -0.15) is 0 Å². The number of hydrogen-bond acceptors (Lipinski definition) is 3. The van der Waals surface area contributed by atoms with Crippen molar-refractivity contribution in [2.45, 2.75) is 63.3 Å². The number of aliphatic imine (C=N–C) groups is 1. The van der Waals surface area contributed by atoms with Crippen molar-refractivity contribution >= 4 is 29.9 Å². The predicted octanol–water partition coefficient (Wildman–Crippen LogP) is 3.25. The number of nitrogens with one attached hydrogen (secondary N) is 2. The lowest BCUT2D eigenvalue weighted by Gasteiger charge is -2.47. The first-order chi connectivity index (χ1) is 12.2.